The third-order valence-electron chi connectivity index (χ3n) is 2.55. The molecule has 0 N–H and O–H groups in total. The van der Waals surface area contributed by atoms with Gasteiger partial charge in [-0.3, -0.25) is 4.79 Å². The van der Waals surface area contributed by atoms with Crippen LogP contribution in [0.3, 0.4) is 0 Å². The Hall–Kier alpha value is -2.43. The number of carbonyl (C=O) groups is 2. The van der Waals surface area contributed by atoms with E-state index in [-0.39, 0.29) is 11.4 Å². The molecule has 5 nitrogen and oxygen atoms in total. The van der Waals surface area contributed by atoms with E-state index in [9.17, 15) is 9.59 Å². The first-order chi connectivity index (χ1) is 8.76. The Morgan fingerprint density at radius 1 is 1.39 bits per heavy atom. The Morgan fingerprint density at radius 2 is 2.11 bits per heavy atom. The van der Waals surface area contributed by atoms with Crippen molar-refractivity contribution in [2.75, 3.05) is 7.11 Å². The van der Waals surface area contributed by atoms with Gasteiger partial charge in [-0.1, -0.05) is 30.3 Å². The van der Waals surface area contributed by atoms with Gasteiger partial charge in [-0.25, -0.2) is 9.78 Å². The standard InChI is InChI=1S/C13H12N2O3/c1-18-13(17)12-11(8-16)14-9-15(12)7-10-5-3-2-4-6-10/h2-6,8-9H,7H2,1H3. The van der Waals surface area contributed by atoms with Crippen LogP contribution >= 0.6 is 0 Å². The highest BCUT2D eigenvalue weighted by Gasteiger charge is 2.18. The lowest BCUT2D eigenvalue weighted by molar-refractivity contribution is 0.0586. The topological polar surface area (TPSA) is 61.2 Å². The Labute approximate surface area is 104 Å². The van der Waals surface area contributed by atoms with Crippen LogP contribution in [-0.2, 0) is 11.3 Å². The lowest BCUT2D eigenvalue weighted by Gasteiger charge is -2.07. The van der Waals surface area contributed by atoms with Gasteiger partial charge in [0.25, 0.3) is 0 Å². The number of nitrogens with zero attached hydrogens (tertiary/aromatic N) is 2. The molecule has 0 saturated heterocycles. The normalized spacial score (nSPS) is 10.1. The van der Waals surface area contributed by atoms with E-state index in [0.717, 1.165) is 5.56 Å². The minimum absolute atomic E-state index is 0.0952. The molecule has 0 spiro atoms. The molecule has 2 aromatic rings. The molecule has 0 aliphatic heterocycles. The fourth-order valence-electron chi connectivity index (χ4n) is 1.70. The number of esters is 1. The maximum atomic E-state index is 11.6. The number of benzene rings is 1. The van der Waals surface area contributed by atoms with Crippen molar-refractivity contribution in [1.82, 2.24) is 9.55 Å². The second kappa shape index (κ2) is 5.27. The summed E-state index contributed by atoms with van der Waals surface area (Å²) in [5.74, 6) is -0.564. The number of hydrogen-bond acceptors (Lipinski definition) is 4. The molecule has 1 aromatic carbocycles. The molecule has 0 aliphatic carbocycles. The fourth-order valence-corrected chi connectivity index (χ4v) is 1.70. The summed E-state index contributed by atoms with van der Waals surface area (Å²) in [6.45, 7) is 0.464. The molecule has 5 heteroatoms. The van der Waals surface area contributed by atoms with Crippen LogP contribution in [0, 0.1) is 0 Å². The average Bonchev–Trinajstić information content (AvgIpc) is 2.82. The maximum Gasteiger partial charge on any atom is 0.357 e. The minimum Gasteiger partial charge on any atom is -0.464 e. The Kier molecular flexibility index (Phi) is 3.52. The van der Waals surface area contributed by atoms with Crippen LogP contribution in [0.1, 0.15) is 26.5 Å². The number of methoxy groups -OCH3 is 1. The second-order valence-electron chi connectivity index (χ2n) is 3.70. The first-order valence-electron chi connectivity index (χ1n) is 5.38. The van der Waals surface area contributed by atoms with Crippen molar-refractivity contribution < 1.29 is 14.3 Å². The van der Waals surface area contributed by atoms with E-state index in [1.165, 1.54) is 13.4 Å². The van der Waals surface area contributed by atoms with Crippen molar-refractivity contribution in [3.8, 4) is 0 Å². The van der Waals surface area contributed by atoms with Gasteiger partial charge in [0.15, 0.2) is 12.0 Å². The van der Waals surface area contributed by atoms with Gasteiger partial charge in [0.05, 0.1) is 13.4 Å². The van der Waals surface area contributed by atoms with Crippen LogP contribution in [0.5, 0.6) is 0 Å². The molecule has 0 atom stereocenters. The molecule has 18 heavy (non-hydrogen) atoms. The Balaban J connectivity index is 2.36. The summed E-state index contributed by atoms with van der Waals surface area (Å²) in [6.07, 6.45) is 2.01. The predicted molar refractivity (Wildman–Crippen MR) is 64.5 cm³/mol. The number of rotatable bonds is 4. The summed E-state index contributed by atoms with van der Waals surface area (Å²) in [6, 6.07) is 9.59. The minimum atomic E-state index is -0.564. The number of ether oxygens (including phenoxy) is 1. The zero-order valence-electron chi connectivity index (χ0n) is 9.87. The van der Waals surface area contributed by atoms with Crippen LogP contribution in [-0.4, -0.2) is 28.9 Å². The molecule has 1 heterocycles. The highest BCUT2D eigenvalue weighted by molar-refractivity contribution is 5.95. The van der Waals surface area contributed by atoms with Gasteiger partial charge < -0.3 is 9.30 Å². The van der Waals surface area contributed by atoms with Gasteiger partial charge in [-0.15, -0.1) is 0 Å². The summed E-state index contributed by atoms with van der Waals surface area (Å²) in [5.41, 5.74) is 1.28. The van der Waals surface area contributed by atoms with Crippen molar-refractivity contribution in [3.63, 3.8) is 0 Å². The summed E-state index contributed by atoms with van der Waals surface area (Å²) >= 11 is 0. The number of imidazole rings is 1. The highest BCUT2D eigenvalue weighted by Crippen LogP contribution is 2.10. The van der Waals surface area contributed by atoms with E-state index >= 15 is 0 Å². The molecule has 0 unspecified atom stereocenters. The van der Waals surface area contributed by atoms with Crippen molar-refractivity contribution in [2.24, 2.45) is 0 Å². The summed E-state index contributed by atoms with van der Waals surface area (Å²) in [4.78, 5) is 26.3. The number of aromatic nitrogens is 2. The van der Waals surface area contributed by atoms with Gasteiger partial charge in [0.2, 0.25) is 0 Å². The lowest BCUT2D eigenvalue weighted by Crippen LogP contribution is -2.13. The third-order valence-corrected chi connectivity index (χ3v) is 2.55. The molecular formula is C13H12N2O3. The van der Waals surface area contributed by atoms with Crippen LogP contribution in [0.25, 0.3) is 0 Å². The van der Waals surface area contributed by atoms with E-state index in [4.69, 9.17) is 0 Å². The molecule has 0 amide bonds. The number of aldehydes is 1. The molecule has 1 aromatic heterocycles. The first-order valence-corrected chi connectivity index (χ1v) is 5.38. The average molecular weight is 244 g/mol. The van der Waals surface area contributed by atoms with Crippen LogP contribution < -0.4 is 0 Å². The molecule has 0 radical (unpaired) electrons. The maximum absolute atomic E-state index is 11.6. The molecule has 0 fully saturated rings. The van der Waals surface area contributed by atoms with Gasteiger partial charge in [0.1, 0.15) is 5.69 Å². The van der Waals surface area contributed by atoms with Crippen molar-refractivity contribution in [3.05, 3.63) is 53.6 Å². The van der Waals surface area contributed by atoms with Crippen molar-refractivity contribution >= 4 is 12.3 Å². The Morgan fingerprint density at radius 3 is 2.72 bits per heavy atom. The van der Waals surface area contributed by atoms with Crippen LogP contribution in [0.15, 0.2) is 36.7 Å². The van der Waals surface area contributed by atoms with Gasteiger partial charge >= 0.3 is 5.97 Å². The largest absolute Gasteiger partial charge is 0.464 e. The molecular weight excluding hydrogens is 232 g/mol. The molecule has 0 bridgehead atoms. The highest BCUT2D eigenvalue weighted by atomic mass is 16.5. The molecule has 2 rings (SSSR count). The predicted octanol–water partition coefficient (Wildman–Crippen LogP) is 1.53. The smallest absolute Gasteiger partial charge is 0.357 e. The summed E-state index contributed by atoms with van der Waals surface area (Å²) < 4.78 is 6.26. The SMILES string of the molecule is COC(=O)c1c(C=O)ncn1Cc1ccccc1. The van der Waals surface area contributed by atoms with Crippen molar-refractivity contribution in [2.45, 2.75) is 6.54 Å². The number of hydrogen-bond donors (Lipinski definition) is 0. The van der Waals surface area contributed by atoms with Crippen LogP contribution in [0.4, 0.5) is 0 Å². The van der Waals surface area contributed by atoms with E-state index < -0.39 is 5.97 Å². The van der Waals surface area contributed by atoms with E-state index in [2.05, 4.69) is 9.72 Å². The van der Waals surface area contributed by atoms with Gasteiger partial charge in [0, 0.05) is 6.54 Å². The first kappa shape index (κ1) is 12.0. The summed E-state index contributed by atoms with van der Waals surface area (Å²) in [7, 11) is 1.27. The van der Waals surface area contributed by atoms with E-state index in [1.807, 2.05) is 30.3 Å². The van der Waals surface area contributed by atoms with E-state index in [0.29, 0.717) is 12.8 Å². The van der Waals surface area contributed by atoms with Crippen LogP contribution in [0.2, 0.25) is 0 Å². The zero-order valence-corrected chi connectivity index (χ0v) is 9.87. The van der Waals surface area contributed by atoms with Crippen molar-refractivity contribution in [1.29, 1.82) is 0 Å². The van der Waals surface area contributed by atoms with Gasteiger partial charge in [-0.05, 0) is 5.56 Å². The number of carbonyl (C=O) groups excluding carboxylic acids is 2. The fraction of sp³-hybridized carbons (Fsp3) is 0.154. The molecule has 0 aliphatic rings. The second-order valence-corrected chi connectivity index (χ2v) is 3.70. The monoisotopic (exact) mass is 244 g/mol. The molecule has 0 saturated carbocycles. The lowest BCUT2D eigenvalue weighted by atomic mass is 10.2. The quantitative estimate of drug-likeness (QED) is 0.604. The summed E-state index contributed by atoms with van der Waals surface area (Å²) in [5, 5.41) is 0. The zero-order chi connectivity index (χ0) is 13.0. The molecule has 92 valence electrons. The van der Waals surface area contributed by atoms with E-state index in [1.54, 1.807) is 4.57 Å². The Bertz CT molecular complexity index is 561. The third kappa shape index (κ3) is 2.29. The van der Waals surface area contributed by atoms with Gasteiger partial charge in [-0.2, -0.15) is 0 Å².